The monoisotopic (exact) mass is 163 g/mol. The van der Waals surface area contributed by atoms with E-state index < -0.39 is 0 Å². The number of aryl methyl sites for hydroxylation is 1. The van der Waals surface area contributed by atoms with Crippen LogP contribution in [0, 0.1) is 0 Å². The van der Waals surface area contributed by atoms with Crippen LogP contribution in [-0.2, 0) is 6.42 Å². The summed E-state index contributed by atoms with van der Waals surface area (Å²) in [5.41, 5.74) is 2.75. The van der Waals surface area contributed by atoms with Crippen molar-refractivity contribution in [3.8, 4) is 0 Å². The van der Waals surface area contributed by atoms with Crippen molar-refractivity contribution >= 4 is 0 Å². The van der Waals surface area contributed by atoms with Crippen LogP contribution in [-0.4, -0.2) is 16.2 Å². The average molecular weight is 163 g/mol. The summed E-state index contributed by atoms with van der Waals surface area (Å²) in [6, 6.07) is 1.39. The third-order valence-corrected chi connectivity index (χ3v) is 2.82. The number of H-pyrrole nitrogens is 1. The Labute approximate surface area is 71.6 Å². The molecule has 1 aromatic rings. The quantitative estimate of drug-likeness (QED) is 0.686. The summed E-state index contributed by atoms with van der Waals surface area (Å²) in [6.45, 7) is 0. The molecule has 1 atom stereocenters. The van der Waals surface area contributed by atoms with E-state index in [0.717, 1.165) is 6.04 Å². The maximum absolute atomic E-state index is 4.06. The van der Waals surface area contributed by atoms with Crippen molar-refractivity contribution < 1.29 is 0 Å². The Kier molecular flexibility index (Phi) is 1.29. The van der Waals surface area contributed by atoms with Crippen LogP contribution in [0.3, 0.4) is 0 Å². The van der Waals surface area contributed by atoms with E-state index in [4.69, 9.17) is 0 Å². The minimum atomic E-state index is 0.589. The lowest BCUT2D eigenvalue weighted by Gasteiger charge is -2.10. The SMILES string of the molecule is c1n[nH]c2c1C(NC1CC1)CC2. The maximum atomic E-state index is 4.06. The molecule has 12 heavy (non-hydrogen) atoms. The van der Waals surface area contributed by atoms with Crippen LogP contribution in [0.25, 0.3) is 0 Å². The summed E-state index contributed by atoms with van der Waals surface area (Å²) in [6.07, 6.45) is 7.12. The van der Waals surface area contributed by atoms with Crippen molar-refractivity contribution in [2.45, 2.75) is 37.8 Å². The van der Waals surface area contributed by atoms with Gasteiger partial charge in [-0.25, -0.2) is 0 Å². The molecule has 0 aliphatic heterocycles. The molecular weight excluding hydrogens is 150 g/mol. The second-order valence-electron chi connectivity index (χ2n) is 3.84. The fourth-order valence-corrected chi connectivity index (χ4v) is 1.97. The van der Waals surface area contributed by atoms with Gasteiger partial charge in [-0.2, -0.15) is 5.10 Å². The van der Waals surface area contributed by atoms with Gasteiger partial charge in [0.1, 0.15) is 0 Å². The number of nitrogens with zero attached hydrogens (tertiary/aromatic N) is 1. The number of hydrogen-bond donors (Lipinski definition) is 2. The molecule has 1 aromatic heterocycles. The van der Waals surface area contributed by atoms with Crippen molar-refractivity contribution in [2.75, 3.05) is 0 Å². The van der Waals surface area contributed by atoms with Gasteiger partial charge in [-0.05, 0) is 25.7 Å². The van der Waals surface area contributed by atoms with E-state index in [2.05, 4.69) is 15.5 Å². The minimum absolute atomic E-state index is 0.589. The van der Waals surface area contributed by atoms with Gasteiger partial charge >= 0.3 is 0 Å². The molecule has 1 fully saturated rings. The molecule has 0 amide bonds. The molecule has 64 valence electrons. The fraction of sp³-hybridized carbons (Fsp3) is 0.667. The Hall–Kier alpha value is -0.830. The fourth-order valence-electron chi connectivity index (χ4n) is 1.97. The smallest absolute Gasteiger partial charge is 0.0538 e. The topological polar surface area (TPSA) is 40.7 Å². The Morgan fingerprint density at radius 1 is 1.42 bits per heavy atom. The number of aromatic amines is 1. The van der Waals surface area contributed by atoms with Gasteiger partial charge < -0.3 is 5.32 Å². The molecule has 2 N–H and O–H groups in total. The lowest BCUT2D eigenvalue weighted by molar-refractivity contribution is 0.525. The molecule has 0 bridgehead atoms. The standard InChI is InChI=1S/C9H13N3/c1-2-6(1)11-8-3-4-9-7(8)5-10-12-9/h5-6,8,11H,1-4H2,(H,10,12). The second-order valence-corrected chi connectivity index (χ2v) is 3.84. The average Bonchev–Trinajstić information content (AvgIpc) is 2.63. The first kappa shape index (κ1) is 6.66. The number of aromatic nitrogens is 2. The summed E-state index contributed by atoms with van der Waals surface area (Å²) in [4.78, 5) is 0. The van der Waals surface area contributed by atoms with Crippen molar-refractivity contribution in [3.63, 3.8) is 0 Å². The van der Waals surface area contributed by atoms with E-state index in [0.29, 0.717) is 6.04 Å². The van der Waals surface area contributed by atoms with Crippen LogP contribution >= 0.6 is 0 Å². The van der Waals surface area contributed by atoms with Crippen LogP contribution in [0.1, 0.15) is 36.6 Å². The highest BCUT2D eigenvalue weighted by atomic mass is 15.1. The zero-order valence-corrected chi connectivity index (χ0v) is 7.01. The van der Waals surface area contributed by atoms with Gasteiger partial charge in [0, 0.05) is 23.3 Å². The summed E-state index contributed by atoms with van der Waals surface area (Å²) in [5.74, 6) is 0. The highest BCUT2D eigenvalue weighted by molar-refractivity contribution is 5.26. The Bertz CT molecular complexity index is 288. The summed E-state index contributed by atoms with van der Waals surface area (Å²) < 4.78 is 0. The van der Waals surface area contributed by atoms with E-state index in [1.807, 2.05) is 6.20 Å². The van der Waals surface area contributed by atoms with Gasteiger partial charge in [-0.15, -0.1) is 0 Å². The van der Waals surface area contributed by atoms with Gasteiger partial charge in [0.25, 0.3) is 0 Å². The zero-order chi connectivity index (χ0) is 7.97. The first-order valence-electron chi connectivity index (χ1n) is 4.71. The van der Waals surface area contributed by atoms with E-state index in [-0.39, 0.29) is 0 Å². The highest BCUT2D eigenvalue weighted by Gasteiger charge is 2.30. The molecule has 2 aliphatic carbocycles. The van der Waals surface area contributed by atoms with Gasteiger partial charge in [0.15, 0.2) is 0 Å². The van der Waals surface area contributed by atoms with Gasteiger partial charge in [-0.1, -0.05) is 0 Å². The normalized spacial score (nSPS) is 27.5. The molecule has 3 heteroatoms. The number of fused-ring (bicyclic) bond motifs is 1. The first-order chi connectivity index (χ1) is 5.93. The van der Waals surface area contributed by atoms with Crippen LogP contribution < -0.4 is 5.32 Å². The molecule has 1 heterocycles. The van der Waals surface area contributed by atoms with Crippen molar-refractivity contribution in [1.82, 2.24) is 15.5 Å². The molecule has 1 unspecified atom stereocenters. The van der Waals surface area contributed by atoms with Crippen LogP contribution in [0.2, 0.25) is 0 Å². The summed E-state index contributed by atoms with van der Waals surface area (Å²) >= 11 is 0. The Morgan fingerprint density at radius 2 is 2.33 bits per heavy atom. The molecular formula is C9H13N3. The Morgan fingerprint density at radius 3 is 3.17 bits per heavy atom. The number of nitrogens with one attached hydrogen (secondary N) is 2. The lowest BCUT2D eigenvalue weighted by Crippen LogP contribution is -2.20. The third kappa shape index (κ3) is 0.966. The first-order valence-corrected chi connectivity index (χ1v) is 4.71. The number of hydrogen-bond acceptors (Lipinski definition) is 2. The van der Waals surface area contributed by atoms with E-state index in [9.17, 15) is 0 Å². The molecule has 1 saturated carbocycles. The van der Waals surface area contributed by atoms with Crippen molar-refractivity contribution in [2.24, 2.45) is 0 Å². The highest BCUT2D eigenvalue weighted by Crippen LogP contribution is 2.32. The predicted octanol–water partition coefficient (Wildman–Crippen LogP) is 1.15. The lowest BCUT2D eigenvalue weighted by atomic mass is 10.2. The van der Waals surface area contributed by atoms with Gasteiger partial charge in [0.05, 0.1) is 6.20 Å². The molecule has 3 rings (SSSR count). The zero-order valence-electron chi connectivity index (χ0n) is 7.01. The Balaban J connectivity index is 1.80. The molecule has 2 aliphatic rings. The minimum Gasteiger partial charge on any atom is -0.307 e. The molecule has 0 aromatic carbocycles. The van der Waals surface area contributed by atoms with Gasteiger partial charge in [0.2, 0.25) is 0 Å². The number of rotatable bonds is 2. The molecule has 3 nitrogen and oxygen atoms in total. The van der Waals surface area contributed by atoms with E-state index in [1.54, 1.807) is 0 Å². The van der Waals surface area contributed by atoms with Gasteiger partial charge in [-0.3, -0.25) is 5.10 Å². The predicted molar refractivity (Wildman–Crippen MR) is 45.8 cm³/mol. The second kappa shape index (κ2) is 2.33. The van der Waals surface area contributed by atoms with E-state index >= 15 is 0 Å². The third-order valence-electron chi connectivity index (χ3n) is 2.82. The maximum Gasteiger partial charge on any atom is 0.0538 e. The van der Waals surface area contributed by atoms with Crippen LogP contribution in [0.4, 0.5) is 0 Å². The van der Waals surface area contributed by atoms with Crippen LogP contribution in [0.5, 0.6) is 0 Å². The molecule has 0 spiro atoms. The molecule has 0 radical (unpaired) electrons. The van der Waals surface area contributed by atoms with Crippen molar-refractivity contribution in [1.29, 1.82) is 0 Å². The van der Waals surface area contributed by atoms with E-state index in [1.165, 1.54) is 36.9 Å². The van der Waals surface area contributed by atoms with Crippen molar-refractivity contribution in [3.05, 3.63) is 17.5 Å². The molecule has 0 saturated heterocycles. The van der Waals surface area contributed by atoms with Crippen LogP contribution in [0.15, 0.2) is 6.20 Å². The summed E-state index contributed by atoms with van der Waals surface area (Å²) in [7, 11) is 0. The summed E-state index contributed by atoms with van der Waals surface area (Å²) in [5, 5.41) is 10.7. The largest absolute Gasteiger partial charge is 0.307 e.